The van der Waals surface area contributed by atoms with Crippen LogP contribution in [0.5, 0.6) is 11.5 Å². The third kappa shape index (κ3) is 2.21. The molecule has 2 aromatic rings. The van der Waals surface area contributed by atoms with Crippen LogP contribution in [-0.2, 0) is 5.60 Å². The first-order valence-corrected chi connectivity index (χ1v) is 6.42. The van der Waals surface area contributed by atoms with Crippen LogP contribution in [-0.4, -0.2) is 17.0 Å². The van der Waals surface area contributed by atoms with E-state index < -0.39 is 11.7 Å². The molecule has 5 heteroatoms. The van der Waals surface area contributed by atoms with Crippen molar-refractivity contribution in [3.05, 3.63) is 59.7 Å². The maximum Gasteiger partial charge on any atom is 0.231 e. The second-order valence-corrected chi connectivity index (χ2v) is 4.76. The van der Waals surface area contributed by atoms with Gasteiger partial charge in [0, 0.05) is 5.56 Å². The van der Waals surface area contributed by atoms with Gasteiger partial charge in [0.15, 0.2) is 11.5 Å². The number of rotatable bonds is 3. The highest BCUT2D eigenvalue weighted by Gasteiger charge is 2.39. The number of hydrogen-bond donors (Lipinski definition) is 2. The standard InChI is InChI=1S/C16H13NO4/c17-9-16(19,12-4-2-1-3-5-12)15(18)11-6-7-13-14(8-11)21-10-20-13/h1-8,15,18-19H,10H2. The minimum atomic E-state index is -2.03. The summed E-state index contributed by atoms with van der Waals surface area (Å²) >= 11 is 0. The van der Waals surface area contributed by atoms with Crippen molar-refractivity contribution in [3.8, 4) is 17.6 Å². The van der Waals surface area contributed by atoms with Gasteiger partial charge in [0.2, 0.25) is 12.4 Å². The zero-order chi connectivity index (χ0) is 14.9. The molecule has 106 valence electrons. The SMILES string of the molecule is N#CC(O)(c1ccccc1)C(O)c1ccc2c(c1)OCO2. The number of nitriles is 1. The number of aliphatic hydroxyl groups is 2. The Kier molecular flexibility index (Phi) is 3.26. The third-order valence-corrected chi connectivity index (χ3v) is 3.49. The monoisotopic (exact) mass is 283 g/mol. The average molecular weight is 283 g/mol. The van der Waals surface area contributed by atoms with Gasteiger partial charge in [-0.05, 0) is 17.7 Å². The number of ether oxygens (including phenoxy) is 2. The van der Waals surface area contributed by atoms with Gasteiger partial charge in [-0.1, -0.05) is 36.4 Å². The summed E-state index contributed by atoms with van der Waals surface area (Å²) in [6, 6.07) is 15.0. The quantitative estimate of drug-likeness (QED) is 0.840. The molecule has 0 fully saturated rings. The molecular weight excluding hydrogens is 270 g/mol. The van der Waals surface area contributed by atoms with Crippen molar-refractivity contribution < 1.29 is 19.7 Å². The van der Waals surface area contributed by atoms with E-state index in [0.717, 1.165) is 0 Å². The summed E-state index contributed by atoms with van der Waals surface area (Å²) in [6.07, 6.45) is -1.40. The molecule has 0 aliphatic carbocycles. The van der Waals surface area contributed by atoms with E-state index in [9.17, 15) is 15.5 Å². The molecule has 2 N–H and O–H groups in total. The summed E-state index contributed by atoms with van der Waals surface area (Å²) in [5, 5.41) is 30.4. The normalized spacial score (nSPS) is 16.8. The van der Waals surface area contributed by atoms with Crippen molar-refractivity contribution in [2.24, 2.45) is 0 Å². The van der Waals surface area contributed by atoms with Crippen LogP contribution in [0.4, 0.5) is 0 Å². The Morgan fingerprint density at radius 3 is 2.52 bits per heavy atom. The molecule has 0 amide bonds. The summed E-state index contributed by atoms with van der Waals surface area (Å²) in [5.41, 5.74) is -1.32. The lowest BCUT2D eigenvalue weighted by molar-refractivity contribution is -0.0398. The van der Waals surface area contributed by atoms with Crippen molar-refractivity contribution in [2.45, 2.75) is 11.7 Å². The lowest BCUT2D eigenvalue weighted by atomic mass is 9.85. The Hall–Kier alpha value is -2.55. The number of fused-ring (bicyclic) bond motifs is 1. The smallest absolute Gasteiger partial charge is 0.231 e. The van der Waals surface area contributed by atoms with E-state index >= 15 is 0 Å². The van der Waals surface area contributed by atoms with Gasteiger partial charge in [-0.3, -0.25) is 0 Å². The molecule has 1 aliphatic heterocycles. The number of aliphatic hydroxyl groups excluding tert-OH is 1. The topological polar surface area (TPSA) is 82.7 Å². The Morgan fingerprint density at radius 2 is 1.81 bits per heavy atom. The summed E-state index contributed by atoms with van der Waals surface area (Å²) in [7, 11) is 0. The zero-order valence-electron chi connectivity index (χ0n) is 11.1. The molecule has 0 radical (unpaired) electrons. The lowest BCUT2D eigenvalue weighted by Crippen LogP contribution is -2.31. The molecule has 2 unspecified atom stereocenters. The van der Waals surface area contributed by atoms with Crippen LogP contribution in [0.15, 0.2) is 48.5 Å². The van der Waals surface area contributed by atoms with Gasteiger partial charge in [0.1, 0.15) is 12.2 Å². The molecule has 0 saturated carbocycles. The summed E-state index contributed by atoms with van der Waals surface area (Å²) in [5.74, 6) is 1.06. The van der Waals surface area contributed by atoms with Gasteiger partial charge in [0.05, 0.1) is 0 Å². The van der Waals surface area contributed by atoms with Crippen LogP contribution in [0.1, 0.15) is 17.2 Å². The van der Waals surface area contributed by atoms with E-state index in [4.69, 9.17) is 9.47 Å². The van der Waals surface area contributed by atoms with Gasteiger partial charge in [-0.2, -0.15) is 5.26 Å². The van der Waals surface area contributed by atoms with E-state index in [0.29, 0.717) is 22.6 Å². The molecule has 1 aliphatic rings. The van der Waals surface area contributed by atoms with Crippen molar-refractivity contribution in [3.63, 3.8) is 0 Å². The molecule has 0 spiro atoms. The van der Waals surface area contributed by atoms with Gasteiger partial charge in [-0.15, -0.1) is 0 Å². The second-order valence-electron chi connectivity index (χ2n) is 4.76. The van der Waals surface area contributed by atoms with E-state index in [2.05, 4.69) is 0 Å². The maximum atomic E-state index is 10.6. The molecule has 0 aromatic heterocycles. The van der Waals surface area contributed by atoms with Gasteiger partial charge in [-0.25, -0.2) is 0 Å². The predicted octanol–water partition coefficient (Wildman–Crippen LogP) is 1.86. The summed E-state index contributed by atoms with van der Waals surface area (Å²) in [6.45, 7) is 0.121. The second kappa shape index (κ2) is 5.09. The molecule has 2 aromatic carbocycles. The molecule has 0 bridgehead atoms. The largest absolute Gasteiger partial charge is 0.454 e. The lowest BCUT2D eigenvalue weighted by Gasteiger charge is -2.27. The Labute approximate surface area is 121 Å². The molecule has 1 heterocycles. The van der Waals surface area contributed by atoms with Crippen molar-refractivity contribution in [1.82, 2.24) is 0 Å². The minimum Gasteiger partial charge on any atom is -0.454 e. The Balaban J connectivity index is 2.00. The van der Waals surface area contributed by atoms with E-state index in [1.807, 2.05) is 0 Å². The first kappa shape index (κ1) is 13.4. The van der Waals surface area contributed by atoms with Gasteiger partial charge >= 0.3 is 0 Å². The van der Waals surface area contributed by atoms with Crippen LogP contribution in [0.25, 0.3) is 0 Å². The fraction of sp³-hybridized carbons (Fsp3) is 0.188. The highest BCUT2D eigenvalue weighted by Crippen LogP contribution is 2.39. The molecular formula is C16H13NO4. The van der Waals surface area contributed by atoms with E-state index in [1.165, 1.54) is 0 Å². The maximum absolute atomic E-state index is 10.6. The summed E-state index contributed by atoms with van der Waals surface area (Å²) in [4.78, 5) is 0. The highest BCUT2D eigenvalue weighted by molar-refractivity contribution is 5.46. The predicted molar refractivity (Wildman–Crippen MR) is 73.5 cm³/mol. The van der Waals surface area contributed by atoms with Crippen molar-refractivity contribution in [1.29, 1.82) is 5.26 Å². The van der Waals surface area contributed by atoms with Crippen LogP contribution in [0, 0.1) is 11.3 Å². The molecule has 5 nitrogen and oxygen atoms in total. The Bertz CT molecular complexity index is 695. The Morgan fingerprint density at radius 1 is 1.10 bits per heavy atom. The van der Waals surface area contributed by atoms with E-state index in [-0.39, 0.29) is 6.79 Å². The molecule has 21 heavy (non-hydrogen) atoms. The zero-order valence-corrected chi connectivity index (χ0v) is 11.1. The van der Waals surface area contributed by atoms with Crippen molar-refractivity contribution >= 4 is 0 Å². The first-order chi connectivity index (χ1) is 10.1. The van der Waals surface area contributed by atoms with Crippen molar-refractivity contribution in [2.75, 3.05) is 6.79 Å². The fourth-order valence-corrected chi connectivity index (χ4v) is 2.30. The highest BCUT2D eigenvalue weighted by atomic mass is 16.7. The third-order valence-electron chi connectivity index (χ3n) is 3.49. The first-order valence-electron chi connectivity index (χ1n) is 6.42. The summed E-state index contributed by atoms with van der Waals surface area (Å²) < 4.78 is 10.4. The number of benzene rings is 2. The van der Waals surface area contributed by atoms with Gasteiger partial charge in [0.25, 0.3) is 0 Å². The number of hydrogen-bond acceptors (Lipinski definition) is 5. The average Bonchev–Trinajstić information content (AvgIpc) is 3.01. The molecule has 2 atom stereocenters. The van der Waals surface area contributed by atoms with Crippen LogP contribution in [0.3, 0.4) is 0 Å². The van der Waals surface area contributed by atoms with Crippen LogP contribution < -0.4 is 9.47 Å². The molecule has 0 saturated heterocycles. The fourth-order valence-electron chi connectivity index (χ4n) is 2.30. The van der Waals surface area contributed by atoms with Crippen LogP contribution in [0.2, 0.25) is 0 Å². The van der Waals surface area contributed by atoms with E-state index in [1.54, 1.807) is 54.6 Å². The minimum absolute atomic E-state index is 0.121. The van der Waals surface area contributed by atoms with Crippen LogP contribution >= 0.6 is 0 Å². The van der Waals surface area contributed by atoms with Gasteiger partial charge < -0.3 is 19.7 Å². The molecule has 3 rings (SSSR count). The number of nitrogens with zero attached hydrogens (tertiary/aromatic N) is 1.